The monoisotopic (exact) mass is 318 g/mol. The molecule has 2 heteroatoms. The summed E-state index contributed by atoms with van der Waals surface area (Å²) in [6.45, 7) is 4.22. The molecular weight excluding hydrogens is 284 g/mol. The van der Waals surface area contributed by atoms with Gasteiger partial charge in [0.15, 0.2) is 0 Å². The second kappa shape index (κ2) is 13.2. The number of carbonyl (C=O) groups is 1. The fourth-order valence-corrected chi connectivity index (χ4v) is 2.85. The van der Waals surface area contributed by atoms with E-state index in [2.05, 4.69) is 19.1 Å². The highest BCUT2D eigenvalue weighted by Gasteiger charge is 2.09. The van der Waals surface area contributed by atoms with E-state index in [4.69, 9.17) is 4.74 Å². The Labute approximate surface area is 142 Å². The molecule has 0 radical (unpaired) electrons. The molecule has 2 nitrogen and oxygen atoms in total. The maximum Gasteiger partial charge on any atom is 0.306 e. The summed E-state index contributed by atoms with van der Waals surface area (Å²) in [5, 5.41) is 0. The number of rotatable bonds is 13. The van der Waals surface area contributed by atoms with Gasteiger partial charge >= 0.3 is 5.97 Å². The Morgan fingerprint density at radius 2 is 1.48 bits per heavy atom. The summed E-state index contributed by atoms with van der Waals surface area (Å²) < 4.78 is 5.49. The molecule has 130 valence electrons. The van der Waals surface area contributed by atoms with Crippen molar-refractivity contribution in [3.63, 3.8) is 0 Å². The predicted molar refractivity (Wildman–Crippen MR) is 97.5 cm³/mol. The minimum Gasteiger partial charge on any atom is -0.462 e. The fraction of sp³-hybridized carbons (Fsp3) is 0.667. The minimum absolute atomic E-state index is 0.0385. The number of hydrogen-bond donors (Lipinski definition) is 0. The third-order valence-electron chi connectivity index (χ3n) is 4.18. The SMILES string of the molecule is CCCCCCCCCCCC(=O)O[C@@H](C)Cc1ccccc1. The lowest BCUT2D eigenvalue weighted by molar-refractivity contribution is -0.148. The van der Waals surface area contributed by atoms with E-state index >= 15 is 0 Å². The van der Waals surface area contributed by atoms with E-state index in [1.807, 2.05) is 25.1 Å². The number of unbranched alkanes of at least 4 members (excludes halogenated alkanes) is 8. The van der Waals surface area contributed by atoms with Crippen LogP contribution in [0.4, 0.5) is 0 Å². The van der Waals surface area contributed by atoms with Gasteiger partial charge in [0, 0.05) is 12.8 Å². The number of carbonyl (C=O) groups excluding carboxylic acids is 1. The van der Waals surface area contributed by atoms with E-state index in [1.165, 1.54) is 50.5 Å². The molecule has 0 aliphatic rings. The maximum absolute atomic E-state index is 11.8. The molecule has 0 fully saturated rings. The van der Waals surface area contributed by atoms with Crippen LogP contribution in [-0.2, 0) is 16.0 Å². The Kier molecular flexibility index (Phi) is 11.3. The summed E-state index contributed by atoms with van der Waals surface area (Å²) in [4.78, 5) is 11.8. The van der Waals surface area contributed by atoms with Crippen LogP contribution in [0.1, 0.15) is 83.6 Å². The molecule has 0 aliphatic heterocycles. The number of esters is 1. The minimum atomic E-state index is -0.0450. The van der Waals surface area contributed by atoms with Crippen LogP contribution in [0.2, 0.25) is 0 Å². The van der Waals surface area contributed by atoms with Crippen molar-refractivity contribution in [3.8, 4) is 0 Å². The van der Waals surface area contributed by atoms with Gasteiger partial charge in [0.05, 0.1) is 0 Å². The van der Waals surface area contributed by atoms with Crippen LogP contribution >= 0.6 is 0 Å². The third-order valence-corrected chi connectivity index (χ3v) is 4.18. The highest BCUT2D eigenvalue weighted by Crippen LogP contribution is 2.12. The zero-order valence-electron chi connectivity index (χ0n) is 15.1. The molecule has 0 aromatic heterocycles. The molecule has 0 aliphatic carbocycles. The first-order valence-corrected chi connectivity index (χ1v) is 9.45. The largest absolute Gasteiger partial charge is 0.462 e. The number of hydrogen-bond acceptors (Lipinski definition) is 2. The fourth-order valence-electron chi connectivity index (χ4n) is 2.85. The van der Waals surface area contributed by atoms with Crippen molar-refractivity contribution >= 4 is 5.97 Å². The molecule has 1 rings (SSSR count). The van der Waals surface area contributed by atoms with Gasteiger partial charge < -0.3 is 4.74 Å². The number of ether oxygens (including phenoxy) is 1. The van der Waals surface area contributed by atoms with Crippen molar-refractivity contribution in [2.75, 3.05) is 0 Å². The van der Waals surface area contributed by atoms with Gasteiger partial charge in [-0.3, -0.25) is 4.79 Å². The Morgan fingerprint density at radius 1 is 0.913 bits per heavy atom. The van der Waals surface area contributed by atoms with Crippen molar-refractivity contribution in [1.82, 2.24) is 0 Å². The van der Waals surface area contributed by atoms with Crippen molar-refractivity contribution < 1.29 is 9.53 Å². The molecule has 0 spiro atoms. The average Bonchev–Trinajstić information content (AvgIpc) is 2.54. The van der Waals surface area contributed by atoms with Crippen LogP contribution in [-0.4, -0.2) is 12.1 Å². The standard InChI is InChI=1S/C21H34O2/c1-3-4-5-6-7-8-9-10-14-17-21(22)23-19(2)18-20-15-12-11-13-16-20/h11-13,15-16,19H,3-10,14,17-18H2,1-2H3/t19-/m0/s1. The van der Waals surface area contributed by atoms with Gasteiger partial charge in [-0.2, -0.15) is 0 Å². The summed E-state index contributed by atoms with van der Waals surface area (Å²) in [5.41, 5.74) is 1.22. The van der Waals surface area contributed by atoms with E-state index in [9.17, 15) is 4.79 Å². The van der Waals surface area contributed by atoms with Crippen molar-refractivity contribution in [3.05, 3.63) is 35.9 Å². The first-order valence-electron chi connectivity index (χ1n) is 9.45. The Hall–Kier alpha value is -1.31. The Balaban J connectivity index is 1.97. The molecule has 0 saturated carbocycles. The van der Waals surface area contributed by atoms with Crippen LogP contribution in [0.15, 0.2) is 30.3 Å². The summed E-state index contributed by atoms with van der Waals surface area (Å²) in [6, 6.07) is 10.2. The first-order chi connectivity index (χ1) is 11.2. The van der Waals surface area contributed by atoms with Gasteiger partial charge in [0.25, 0.3) is 0 Å². The van der Waals surface area contributed by atoms with Crippen LogP contribution in [0.3, 0.4) is 0 Å². The van der Waals surface area contributed by atoms with E-state index in [0.29, 0.717) is 6.42 Å². The predicted octanol–water partition coefficient (Wildman–Crippen LogP) is 6.08. The first kappa shape index (κ1) is 19.7. The Bertz CT molecular complexity index is 400. The van der Waals surface area contributed by atoms with E-state index in [0.717, 1.165) is 19.3 Å². The van der Waals surface area contributed by atoms with Crippen molar-refractivity contribution in [2.24, 2.45) is 0 Å². The van der Waals surface area contributed by atoms with Gasteiger partial charge in [-0.05, 0) is 18.9 Å². The Morgan fingerprint density at radius 3 is 2.09 bits per heavy atom. The quantitative estimate of drug-likeness (QED) is 0.325. The van der Waals surface area contributed by atoms with E-state index in [1.54, 1.807) is 0 Å². The molecule has 1 aromatic carbocycles. The third kappa shape index (κ3) is 11.0. The lowest BCUT2D eigenvalue weighted by Crippen LogP contribution is -2.17. The zero-order valence-corrected chi connectivity index (χ0v) is 15.1. The lowest BCUT2D eigenvalue weighted by Gasteiger charge is -2.13. The molecule has 0 unspecified atom stereocenters. The van der Waals surface area contributed by atoms with Crippen LogP contribution in [0, 0.1) is 0 Å². The summed E-state index contributed by atoms with van der Waals surface area (Å²) >= 11 is 0. The topological polar surface area (TPSA) is 26.3 Å². The van der Waals surface area contributed by atoms with Gasteiger partial charge in [-0.1, -0.05) is 88.6 Å². The molecular formula is C21H34O2. The molecule has 0 bridgehead atoms. The summed E-state index contributed by atoms with van der Waals surface area (Å²) in [6.07, 6.45) is 12.8. The molecule has 0 N–H and O–H groups in total. The van der Waals surface area contributed by atoms with E-state index in [-0.39, 0.29) is 12.1 Å². The van der Waals surface area contributed by atoms with Gasteiger partial charge in [-0.15, -0.1) is 0 Å². The highest BCUT2D eigenvalue weighted by atomic mass is 16.5. The van der Waals surface area contributed by atoms with Crippen molar-refractivity contribution in [2.45, 2.75) is 90.6 Å². The van der Waals surface area contributed by atoms with Crippen molar-refractivity contribution in [1.29, 1.82) is 0 Å². The molecule has 0 amide bonds. The molecule has 0 saturated heterocycles. The maximum atomic E-state index is 11.8. The second-order valence-electron chi connectivity index (χ2n) is 6.57. The zero-order chi connectivity index (χ0) is 16.8. The number of benzene rings is 1. The highest BCUT2D eigenvalue weighted by molar-refractivity contribution is 5.69. The van der Waals surface area contributed by atoms with E-state index < -0.39 is 0 Å². The second-order valence-corrected chi connectivity index (χ2v) is 6.57. The van der Waals surface area contributed by atoms with Crippen LogP contribution in [0.25, 0.3) is 0 Å². The average molecular weight is 319 g/mol. The van der Waals surface area contributed by atoms with Crippen LogP contribution < -0.4 is 0 Å². The molecule has 0 heterocycles. The van der Waals surface area contributed by atoms with Gasteiger partial charge in [-0.25, -0.2) is 0 Å². The summed E-state index contributed by atoms with van der Waals surface area (Å²) in [7, 11) is 0. The summed E-state index contributed by atoms with van der Waals surface area (Å²) in [5.74, 6) is -0.0450. The normalized spacial score (nSPS) is 12.1. The lowest BCUT2D eigenvalue weighted by atomic mass is 10.1. The van der Waals surface area contributed by atoms with Gasteiger partial charge in [0.1, 0.15) is 6.10 Å². The molecule has 1 aromatic rings. The molecule has 23 heavy (non-hydrogen) atoms. The smallest absolute Gasteiger partial charge is 0.306 e. The van der Waals surface area contributed by atoms with Gasteiger partial charge in [0.2, 0.25) is 0 Å². The molecule has 1 atom stereocenters. The van der Waals surface area contributed by atoms with Crippen LogP contribution in [0.5, 0.6) is 0 Å².